The summed E-state index contributed by atoms with van der Waals surface area (Å²) >= 11 is 5.81. The first-order chi connectivity index (χ1) is 9.20. The number of aliphatic hydroxyl groups excluding tert-OH is 1. The first-order valence-electron chi connectivity index (χ1n) is 6.18. The predicted molar refractivity (Wildman–Crippen MR) is 72.7 cm³/mol. The summed E-state index contributed by atoms with van der Waals surface area (Å²) in [6.07, 6.45) is 3.03. The Balaban J connectivity index is 2.04. The summed E-state index contributed by atoms with van der Waals surface area (Å²) in [4.78, 5) is 12.0. The van der Waals surface area contributed by atoms with Crippen LogP contribution >= 0.6 is 11.6 Å². The summed E-state index contributed by atoms with van der Waals surface area (Å²) in [6.45, 7) is 0.485. The summed E-state index contributed by atoms with van der Waals surface area (Å²) in [5.74, 6) is -0.200. The van der Waals surface area contributed by atoms with E-state index in [0.29, 0.717) is 23.6 Å². The van der Waals surface area contributed by atoms with E-state index < -0.39 is 6.04 Å². The molecule has 5 heteroatoms. The third-order valence-electron chi connectivity index (χ3n) is 2.99. The van der Waals surface area contributed by atoms with Crippen molar-refractivity contribution in [2.24, 2.45) is 0 Å². The summed E-state index contributed by atoms with van der Waals surface area (Å²) in [6, 6.07) is 6.60. The first-order valence-corrected chi connectivity index (χ1v) is 6.56. The molecule has 1 atom stereocenters. The molecular weight excluding hydrogens is 266 g/mol. The molecule has 0 saturated heterocycles. The Kier molecular flexibility index (Phi) is 4.82. The molecule has 0 saturated carbocycles. The second kappa shape index (κ2) is 6.59. The lowest BCUT2D eigenvalue weighted by Gasteiger charge is -2.19. The summed E-state index contributed by atoms with van der Waals surface area (Å²) in [7, 11) is 0. The Labute approximate surface area is 117 Å². The number of hydrogen-bond donors (Lipinski definition) is 2. The second-order valence-corrected chi connectivity index (χ2v) is 4.81. The monoisotopic (exact) mass is 281 g/mol. The van der Waals surface area contributed by atoms with Crippen LogP contribution in [0.2, 0.25) is 5.02 Å². The molecule has 1 aromatic rings. The van der Waals surface area contributed by atoms with Gasteiger partial charge in [0, 0.05) is 5.02 Å². The molecule has 1 aliphatic rings. The summed E-state index contributed by atoms with van der Waals surface area (Å²) < 4.78 is 5.14. The lowest BCUT2D eigenvalue weighted by Crippen LogP contribution is -2.32. The number of aliphatic hydroxyl groups is 1. The van der Waals surface area contributed by atoms with Crippen LogP contribution in [0.3, 0.4) is 0 Å². The third-order valence-corrected chi connectivity index (χ3v) is 3.24. The van der Waals surface area contributed by atoms with Gasteiger partial charge < -0.3 is 15.2 Å². The lowest BCUT2D eigenvalue weighted by molar-refractivity contribution is -0.119. The lowest BCUT2D eigenvalue weighted by atomic mass is 10.1. The van der Waals surface area contributed by atoms with Crippen LogP contribution in [0.1, 0.15) is 24.4 Å². The van der Waals surface area contributed by atoms with Gasteiger partial charge in [0.25, 0.3) is 5.91 Å². The van der Waals surface area contributed by atoms with Crippen molar-refractivity contribution in [1.29, 1.82) is 0 Å². The van der Waals surface area contributed by atoms with Crippen molar-refractivity contribution in [2.75, 3.05) is 13.2 Å². The van der Waals surface area contributed by atoms with Crippen LogP contribution in [-0.2, 0) is 9.53 Å². The number of nitrogens with one attached hydrogen (secondary N) is 1. The van der Waals surface area contributed by atoms with E-state index in [1.165, 1.54) is 6.26 Å². The molecule has 1 aliphatic heterocycles. The van der Waals surface area contributed by atoms with Crippen molar-refractivity contribution >= 4 is 17.5 Å². The Bertz CT molecular complexity index is 470. The van der Waals surface area contributed by atoms with Gasteiger partial charge in [0.2, 0.25) is 0 Å². The maximum absolute atomic E-state index is 12.0. The molecule has 1 unspecified atom stereocenters. The van der Waals surface area contributed by atoms with Gasteiger partial charge in [-0.2, -0.15) is 0 Å². The molecule has 1 aromatic carbocycles. The van der Waals surface area contributed by atoms with Crippen molar-refractivity contribution in [3.63, 3.8) is 0 Å². The highest BCUT2D eigenvalue weighted by Crippen LogP contribution is 2.18. The predicted octanol–water partition coefficient (Wildman–Crippen LogP) is 2.18. The van der Waals surface area contributed by atoms with Gasteiger partial charge in [0.05, 0.1) is 31.1 Å². The molecule has 102 valence electrons. The zero-order valence-electron chi connectivity index (χ0n) is 10.4. The maximum atomic E-state index is 12.0. The molecule has 0 radical (unpaired) electrons. The fourth-order valence-electron chi connectivity index (χ4n) is 1.91. The van der Waals surface area contributed by atoms with Crippen LogP contribution in [0, 0.1) is 0 Å². The first kappa shape index (κ1) is 13.9. The van der Waals surface area contributed by atoms with Gasteiger partial charge in [-0.15, -0.1) is 0 Å². The average molecular weight is 282 g/mol. The van der Waals surface area contributed by atoms with Crippen molar-refractivity contribution in [2.45, 2.75) is 18.9 Å². The molecule has 4 nitrogen and oxygen atoms in total. The minimum Gasteiger partial charge on any atom is -0.501 e. The molecule has 19 heavy (non-hydrogen) atoms. The van der Waals surface area contributed by atoms with E-state index in [0.717, 1.165) is 12.0 Å². The molecular formula is C14H16ClNO3. The summed E-state index contributed by atoms with van der Waals surface area (Å²) in [5.41, 5.74) is 1.43. The van der Waals surface area contributed by atoms with E-state index in [1.54, 1.807) is 24.3 Å². The van der Waals surface area contributed by atoms with E-state index in [1.807, 2.05) is 0 Å². The zero-order chi connectivity index (χ0) is 13.7. The van der Waals surface area contributed by atoms with Crippen LogP contribution in [0.25, 0.3) is 0 Å². The van der Waals surface area contributed by atoms with Gasteiger partial charge >= 0.3 is 0 Å². The number of carbonyl (C=O) groups excluding carboxylic acids is 1. The molecule has 0 spiro atoms. The highest BCUT2D eigenvalue weighted by molar-refractivity contribution is 6.30. The Morgan fingerprint density at radius 1 is 1.42 bits per heavy atom. The highest BCUT2D eigenvalue weighted by Gasteiger charge is 2.18. The second-order valence-electron chi connectivity index (χ2n) is 4.38. The average Bonchev–Trinajstić information content (AvgIpc) is 2.46. The van der Waals surface area contributed by atoms with Gasteiger partial charge in [0.15, 0.2) is 0 Å². The molecule has 1 amide bonds. The van der Waals surface area contributed by atoms with Crippen LogP contribution in [0.4, 0.5) is 0 Å². The van der Waals surface area contributed by atoms with Gasteiger partial charge in [0.1, 0.15) is 0 Å². The van der Waals surface area contributed by atoms with E-state index in [-0.39, 0.29) is 12.5 Å². The number of carbonyl (C=O) groups is 1. The van der Waals surface area contributed by atoms with Crippen molar-refractivity contribution in [3.8, 4) is 0 Å². The smallest absolute Gasteiger partial charge is 0.250 e. The third kappa shape index (κ3) is 3.72. The fourth-order valence-corrected chi connectivity index (χ4v) is 2.04. The Morgan fingerprint density at radius 3 is 2.74 bits per heavy atom. The molecule has 0 aromatic heterocycles. The Hall–Kier alpha value is -1.52. The minimum atomic E-state index is -0.437. The molecule has 0 fully saturated rings. The molecule has 2 N–H and O–H groups in total. The van der Waals surface area contributed by atoms with E-state index in [9.17, 15) is 9.90 Å². The normalized spacial score (nSPS) is 16.2. The number of halogens is 1. The fraction of sp³-hybridized carbons (Fsp3) is 0.357. The minimum absolute atomic E-state index is 0.165. The van der Waals surface area contributed by atoms with Gasteiger partial charge in [-0.3, -0.25) is 4.79 Å². The largest absolute Gasteiger partial charge is 0.501 e. The van der Waals surface area contributed by atoms with Crippen LogP contribution in [0.15, 0.2) is 36.1 Å². The maximum Gasteiger partial charge on any atom is 0.250 e. The molecule has 1 heterocycles. The number of benzene rings is 1. The number of hydrogen-bond acceptors (Lipinski definition) is 3. The standard InChI is InChI=1S/C14H16ClNO3/c15-12-5-3-10(4-6-12)13(8-17)16-14(18)11-2-1-7-19-9-11/h3-6,9,13,17H,1-2,7-8H2,(H,16,18). The van der Waals surface area contributed by atoms with Gasteiger partial charge in [-0.25, -0.2) is 0 Å². The number of rotatable bonds is 4. The van der Waals surface area contributed by atoms with Gasteiger partial charge in [-0.05, 0) is 30.5 Å². The van der Waals surface area contributed by atoms with Gasteiger partial charge in [-0.1, -0.05) is 23.7 Å². The van der Waals surface area contributed by atoms with Crippen molar-refractivity contribution < 1.29 is 14.6 Å². The zero-order valence-corrected chi connectivity index (χ0v) is 11.2. The summed E-state index contributed by atoms with van der Waals surface area (Å²) in [5, 5.41) is 12.8. The highest BCUT2D eigenvalue weighted by atomic mass is 35.5. The van der Waals surface area contributed by atoms with Crippen LogP contribution in [0.5, 0.6) is 0 Å². The van der Waals surface area contributed by atoms with Crippen molar-refractivity contribution in [1.82, 2.24) is 5.32 Å². The van der Waals surface area contributed by atoms with E-state index in [2.05, 4.69) is 5.32 Å². The van der Waals surface area contributed by atoms with Crippen molar-refractivity contribution in [3.05, 3.63) is 46.7 Å². The topological polar surface area (TPSA) is 58.6 Å². The Morgan fingerprint density at radius 2 is 2.16 bits per heavy atom. The quantitative estimate of drug-likeness (QED) is 0.889. The molecule has 2 rings (SSSR count). The van der Waals surface area contributed by atoms with Crippen LogP contribution < -0.4 is 5.32 Å². The van der Waals surface area contributed by atoms with E-state index in [4.69, 9.17) is 16.3 Å². The van der Waals surface area contributed by atoms with Crippen LogP contribution in [-0.4, -0.2) is 24.2 Å². The molecule has 0 bridgehead atoms. The number of ether oxygens (including phenoxy) is 1. The SMILES string of the molecule is O=C(NC(CO)c1ccc(Cl)cc1)C1=COCCC1. The number of amides is 1. The molecule has 0 aliphatic carbocycles. The van der Waals surface area contributed by atoms with E-state index >= 15 is 0 Å².